The summed E-state index contributed by atoms with van der Waals surface area (Å²) in [6, 6.07) is 5.72. The Bertz CT molecular complexity index is 1040. The quantitative estimate of drug-likeness (QED) is 0.313. The molecule has 2 heterocycles. The zero-order valence-electron chi connectivity index (χ0n) is 16.7. The zero-order valence-corrected chi connectivity index (χ0v) is 16.7. The minimum atomic E-state index is -1.71. The second-order valence-electron chi connectivity index (χ2n) is 7.73. The van der Waals surface area contributed by atoms with Gasteiger partial charge in [-0.25, -0.2) is 0 Å². The van der Waals surface area contributed by atoms with Crippen LogP contribution in [0.1, 0.15) is 28.9 Å². The standard InChI is InChI=1S/C21H22O11/c1-7-15(26)17(28)18(29)21(30-7)32-20-16(27)14-12(25)5-9(22)6-13(14)31-19(20)8-2-3-10(23)11(24)4-8/h2-7,15,17-26,28-29H,1H3/t7-,15+,17-,18-,19-,20-,21-/m0/s1. The minimum Gasteiger partial charge on any atom is -0.508 e. The molecular formula is C21H22O11. The number of ether oxygens (including phenoxy) is 3. The van der Waals surface area contributed by atoms with E-state index in [2.05, 4.69) is 0 Å². The molecule has 0 amide bonds. The van der Waals surface area contributed by atoms with Crippen LogP contribution in [-0.4, -0.2) is 78.3 Å². The smallest absolute Gasteiger partial charge is 0.203 e. The molecule has 0 spiro atoms. The monoisotopic (exact) mass is 450 g/mol. The van der Waals surface area contributed by atoms with E-state index in [-0.39, 0.29) is 22.6 Å². The van der Waals surface area contributed by atoms with Gasteiger partial charge in [0.05, 0.1) is 6.10 Å². The lowest BCUT2D eigenvalue weighted by Gasteiger charge is -2.42. The average Bonchev–Trinajstić information content (AvgIpc) is 2.73. The fourth-order valence-corrected chi connectivity index (χ4v) is 3.77. The van der Waals surface area contributed by atoms with E-state index in [1.165, 1.54) is 19.1 Å². The Morgan fingerprint density at radius 2 is 1.59 bits per heavy atom. The van der Waals surface area contributed by atoms with Gasteiger partial charge in [0.2, 0.25) is 5.78 Å². The highest BCUT2D eigenvalue weighted by Gasteiger charge is 2.48. The first kappa shape index (κ1) is 22.1. The van der Waals surface area contributed by atoms with Gasteiger partial charge in [-0.3, -0.25) is 4.79 Å². The highest BCUT2D eigenvalue weighted by molar-refractivity contribution is 6.05. The van der Waals surface area contributed by atoms with E-state index in [0.29, 0.717) is 0 Å². The van der Waals surface area contributed by atoms with Crippen LogP contribution < -0.4 is 4.74 Å². The highest BCUT2D eigenvalue weighted by Crippen LogP contribution is 2.44. The number of benzene rings is 2. The molecule has 7 atom stereocenters. The van der Waals surface area contributed by atoms with Gasteiger partial charge in [0.25, 0.3) is 0 Å². The Balaban J connectivity index is 1.75. The first-order valence-corrected chi connectivity index (χ1v) is 9.72. The molecule has 7 N–H and O–H groups in total. The number of aliphatic hydroxyl groups excluding tert-OH is 3. The first-order chi connectivity index (χ1) is 15.1. The fraction of sp³-hybridized carbons (Fsp3) is 0.381. The molecule has 0 saturated carbocycles. The highest BCUT2D eigenvalue weighted by atomic mass is 16.7. The van der Waals surface area contributed by atoms with Gasteiger partial charge in [0, 0.05) is 12.1 Å². The van der Waals surface area contributed by atoms with Crippen LogP contribution in [-0.2, 0) is 9.47 Å². The predicted octanol–water partition coefficient (Wildman–Crippen LogP) is 0.0381. The lowest BCUT2D eigenvalue weighted by molar-refractivity contribution is -0.304. The van der Waals surface area contributed by atoms with Gasteiger partial charge in [0.15, 0.2) is 30.0 Å². The number of aliphatic hydroxyl groups is 3. The molecule has 0 radical (unpaired) electrons. The van der Waals surface area contributed by atoms with E-state index in [1.54, 1.807) is 0 Å². The number of hydrogen-bond donors (Lipinski definition) is 7. The molecule has 0 unspecified atom stereocenters. The molecule has 0 aromatic heterocycles. The van der Waals surface area contributed by atoms with Gasteiger partial charge >= 0.3 is 0 Å². The molecular weight excluding hydrogens is 428 g/mol. The van der Waals surface area contributed by atoms with Gasteiger partial charge in [-0.2, -0.15) is 0 Å². The molecule has 2 aliphatic rings. The lowest BCUT2D eigenvalue weighted by Crippen LogP contribution is -2.59. The number of phenolic OH excluding ortho intramolecular Hbond substituents is 4. The van der Waals surface area contributed by atoms with Crippen molar-refractivity contribution in [2.75, 3.05) is 0 Å². The number of ketones is 1. The molecule has 172 valence electrons. The molecule has 2 aromatic carbocycles. The second-order valence-corrected chi connectivity index (χ2v) is 7.73. The van der Waals surface area contributed by atoms with Crippen molar-refractivity contribution in [1.82, 2.24) is 0 Å². The summed E-state index contributed by atoms with van der Waals surface area (Å²) in [5.41, 5.74) is -0.1000. The molecule has 4 rings (SSSR count). The number of phenols is 4. The number of carbonyl (C=O) groups is 1. The maximum Gasteiger partial charge on any atom is 0.203 e. The number of aromatic hydroxyl groups is 4. The Hall–Kier alpha value is -3.09. The third kappa shape index (κ3) is 3.70. The Morgan fingerprint density at radius 3 is 2.28 bits per heavy atom. The summed E-state index contributed by atoms with van der Waals surface area (Å²) in [6.07, 6.45) is -10.0. The van der Waals surface area contributed by atoms with E-state index >= 15 is 0 Å². The summed E-state index contributed by atoms with van der Waals surface area (Å²) in [7, 11) is 0. The number of fused-ring (bicyclic) bond motifs is 1. The third-order valence-electron chi connectivity index (χ3n) is 5.52. The molecule has 2 aliphatic heterocycles. The number of hydrogen-bond acceptors (Lipinski definition) is 11. The molecule has 32 heavy (non-hydrogen) atoms. The Labute approximate surface area is 181 Å². The van der Waals surface area contributed by atoms with E-state index in [0.717, 1.165) is 18.2 Å². The number of Topliss-reactive ketones (excluding diaryl/α,β-unsaturated/α-hetero) is 1. The molecule has 0 bridgehead atoms. The van der Waals surface area contributed by atoms with Gasteiger partial charge in [-0.1, -0.05) is 6.07 Å². The van der Waals surface area contributed by atoms with Crippen LogP contribution in [0.25, 0.3) is 0 Å². The van der Waals surface area contributed by atoms with Gasteiger partial charge < -0.3 is 50.0 Å². The molecule has 11 heteroatoms. The van der Waals surface area contributed by atoms with E-state index in [9.17, 15) is 40.5 Å². The molecule has 11 nitrogen and oxygen atoms in total. The van der Waals surface area contributed by atoms with Crippen molar-refractivity contribution in [3.63, 3.8) is 0 Å². The van der Waals surface area contributed by atoms with E-state index in [1.807, 2.05) is 0 Å². The van der Waals surface area contributed by atoms with Crippen LogP contribution in [0.15, 0.2) is 30.3 Å². The minimum absolute atomic E-state index is 0.154. The molecule has 0 aliphatic carbocycles. The Kier molecular flexibility index (Phi) is 5.61. The van der Waals surface area contributed by atoms with Crippen LogP contribution in [0.3, 0.4) is 0 Å². The normalized spacial score (nSPS) is 32.2. The average molecular weight is 450 g/mol. The summed E-state index contributed by atoms with van der Waals surface area (Å²) < 4.78 is 16.9. The molecule has 2 aromatic rings. The van der Waals surface area contributed by atoms with Gasteiger partial charge in [-0.15, -0.1) is 0 Å². The zero-order chi connectivity index (χ0) is 23.3. The van der Waals surface area contributed by atoms with Gasteiger partial charge in [0.1, 0.15) is 41.1 Å². The van der Waals surface area contributed by atoms with Gasteiger partial charge in [-0.05, 0) is 24.6 Å². The summed E-state index contributed by atoms with van der Waals surface area (Å²) in [5, 5.41) is 69.7. The Morgan fingerprint density at radius 1 is 0.875 bits per heavy atom. The maximum atomic E-state index is 13.3. The van der Waals surface area contributed by atoms with Crippen LogP contribution in [0, 0.1) is 0 Å². The SMILES string of the molecule is C[C@@H]1O[C@@H](O[C@H]2C(=O)c3c(O)cc(O)cc3O[C@H]2c2ccc(O)c(O)c2)[C@@H](O)[C@@H](O)[C@@H]1O. The van der Waals surface area contributed by atoms with Crippen LogP contribution in [0.4, 0.5) is 0 Å². The summed E-state index contributed by atoms with van der Waals surface area (Å²) in [6.45, 7) is 1.44. The lowest BCUT2D eigenvalue weighted by atomic mass is 9.92. The van der Waals surface area contributed by atoms with Crippen LogP contribution in [0.2, 0.25) is 0 Å². The van der Waals surface area contributed by atoms with Crippen molar-refractivity contribution >= 4 is 5.78 Å². The van der Waals surface area contributed by atoms with Crippen molar-refractivity contribution in [3.05, 3.63) is 41.5 Å². The number of rotatable bonds is 3. The van der Waals surface area contributed by atoms with Crippen molar-refractivity contribution in [3.8, 4) is 28.7 Å². The van der Waals surface area contributed by atoms with Crippen molar-refractivity contribution in [2.24, 2.45) is 0 Å². The summed E-state index contributed by atoms with van der Waals surface area (Å²) in [4.78, 5) is 13.3. The summed E-state index contributed by atoms with van der Waals surface area (Å²) >= 11 is 0. The maximum absolute atomic E-state index is 13.3. The second kappa shape index (κ2) is 8.11. The summed E-state index contributed by atoms with van der Waals surface area (Å²) in [5.74, 6) is -2.79. The van der Waals surface area contributed by atoms with Crippen molar-refractivity contribution in [1.29, 1.82) is 0 Å². The third-order valence-corrected chi connectivity index (χ3v) is 5.52. The first-order valence-electron chi connectivity index (χ1n) is 9.72. The predicted molar refractivity (Wildman–Crippen MR) is 104 cm³/mol. The molecule has 1 fully saturated rings. The van der Waals surface area contributed by atoms with Crippen molar-refractivity contribution in [2.45, 2.75) is 49.8 Å². The molecule has 1 saturated heterocycles. The van der Waals surface area contributed by atoms with E-state index in [4.69, 9.17) is 14.2 Å². The fourth-order valence-electron chi connectivity index (χ4n) is 3.77. The van der Waals surface area contributed by atoms with E-state index < -0.39 is 65.9 Å². The van der Waals surface area contributed by atoms with Crippen LogP contribution >= 0.6 is 0 Å². The van der Waals surface area contributed by atoms with Crippen molar-refractivity contribution < 1.29 is 54.8 Å². The topological polar surface area (TPSA) is 186 Å². The van der Waals surface area contributed by atoms with Crippen LogP contribution in [0.5, 0.6) is 28.7 Å². The number of carbonyl (C=O) groups excluding carboxylic acids is 1. The largest absolute Gasteiger partial charge is 0.508 e.